The monoisotopic (exact) mass is 282 g/mol. The fourth-order valence-corrected chi connectivity index (χ4v) is 2.32. The van der Waals surface area contributed by atoms with Crippen LogP contribution in [0.3, 0.4) is 0 Å². The van der Waals surface area contributed by atoms with Crippen LogP contribution in [-0.2, 0) is 6.54 Å². The molecule has 0 fully saturated rings. The van der Waals surface area contributed by atoms with Gasteiger partial charge in [0.05, 0.1) is 25.1 Å². The normalized spacial score (nSPS) is 12.5. The van der Waals surface area contributed by atoms with Crippen LogP contribution in [0.4, 0.5) is 0 Å². The minimum absolute atomic E-state index is 0.148. The van der Waals surface area contributed by atoms with Crippen molar-refractivity contribution in [2.75, 3.05) is 7.11 Å². The van der Waals surface area contributed by atoms with Crippen LogP contribution in [0.5, 0.6) is 5.75 Å². The number of benzene rings is 1. The van der Waals surface area contributed by atoms with E-state index in [1.165, 1.54) is 0 Å². The molecule has 3 aromatic rings. The molecule has 4 heteroatoms. The van der Waals surface area contributed by atoms with E-state index in [0.717, 1.165) is 28.1 Å². The second kappa shape index (κ2) is 5.97. The van der Waals surface area contributed by atoms with Gasteiger partial charge in [0, 0.05) is 11.9 Å². The number of nitrogens with zero attached hydrogens (tertiary/aromatic N) is 1. The Morgan fingerprint density at radius 1 is 1.19 bits per heavy atom. The molecule has 0 saturated heterocycles. The van der Waals surface area contributed by atoms with Crippen molar-refractivity contribution in [1.82, 2.24) is 10.3 Å². The van der Waals surface area contributed by atoms with Gasteiger partial charge in [0.25, 0.3) is 0 Å². The van der Waals surface area contributed by atoms with Gasteiger partial charge in [-0.15, -0.1) is 0 Å². The maximum Gasteiger partial charge on any atom is 0.145 e. The lowest BCUT2D eigenvalue weighted by atomic mass is 10.2. The third-order valence-electron chi connectivity index (χ3n) is 3.52. The summed E-state index contributed by atoms with van der Waals surface area (Å²) in [6.45, 7) is 2.75. The van der Waals surface area contributed by atoms with Crippen LogP contribution in [0.2, 0.25) is 0 Å². The summed E-state index contributed by atoms with van der Waals surface area (Å²) in [7, 11) is 1.67. The standard InChI is InChI=1S/C17H18N2O2/c1-12(15-7-4-10-21-15)18-11-14-9-8-13-5-3-6-16(20-2)17(13)19-14/h3-10,12,18H,11H2,1-2H3/t12-/m1/s1. The number of hydrogen-bond donors (Lipinski definition) is 1. The molecule has 1 atom stereocenters. The van der Waals surface area contributed by atoms with Crippen molar-refractivity contribution in [2.45, 2.75) is 19.5 Å². The number of nitrogens with one attached hydrogen (secondary N) is 1. The van der Waals surface area contributed by atoms with Gasteiger partial charge in [-0.3, -0.25) is 0 Å². The van der Waals surface area contributed by atoms with E-state index in [1.54, 1.807) is 13.4 Å². The maximum atomic E-state index is 5.39. The third-order valence-corrected chi connectivity index (χ3v) is 3.52. The van der Waals surface area contributed by atoms with E-state index in [1.807, 2.05) is 36.4 Å². The highest BCUT2D eigenvalue weighted by Crippen LogP contribution is 2.23. The van der Waals surface area contributed by atoms with Gasteiger partial charge in [0.2, 0.25) is 0 Å². The van der Waals surface area contributed by atoms with Crippen molar-refractivity contribution < 1.29 is 9.15 Å². The molecular formula is C17H18N2O2. The molecule has 0 spiro atoms. The van der Waals surface area contributed by atoms with Crippen LogP contribution >= 0.6 is 0 Å². The Balaban J connectivity index is 1.78. The number of aromatic nitrogens is 1. The fourth-order valence-electron chi connectivity index (χ4n) is 2.32. The lowest BCUT2D eigenvalue weighted by molar-refractivity contribution is 0.418. The van der Waals surface area contributed by atoms with E-state index < -0.39 is 0 Å². The summed E-state index contributed by atoms with van der Waals surface area (Å²) < 4.78 is 10.8. The number of ether oxygens (including phenoxy) is 1. The Morgan fingerprint density at radius 3 is 2.86 bits per heavy atom. The number of pyridine rings is 1. The Hall–Kier alpha value is -2.33. The van der Waals surface area contributed by atoms with Crippen LogP contribution in [0.15, 0.2) is 53.1 Å². The smallest absolute Gasteiger partial charge is 0.145 e. The van der Waals surface area contributed by atoms with Crippen LogP contribution < -0.4 is 10.1 Å². The summed E-state index contributed by atoms with van der Waals surface area (Å²) in [5.41, 5.74) is 1.87. The number of para-hydroxylation sites is 1. The van der Waals surface area contributed by atoms with Crippen LogP contribution in [0, 0.1) is 0 Å². The Kier molecular flexibility index (Phi) is 3.88. The highest BCUT2D eigenvalue weighted by atomic mass is 16.5. The number of fused-ring (bicyclic) bond motifs is 1. The van der Waals surface area contributed by atoms with Gasteiger partial charge in [0.15, 0.2) is 0 Å². The molecule has 21 heavy (non-hydrogen) atoms. The molecular weight excluding hydrogens is 264 g/mol. The summed E-state index contributed by atoms with van der Waals surface area (Å²) in [4.78, 5) is 4.68. The minimum Gasteiger partial charge on any atom is -0.494 e. The molecule has 0 aliphatic carbocycles. The average Bonchev–Trinajstić information content (AvgIpc) is 3.06. The van der Waals surface area contributed by atoms with Crippen molar-refractivity contribution in [3.05, 3.63) is 60.2 Å². The van der Waals surface area contributed by atoms with Crippen molar-refractivity contribution >= 4 is 10.9 Å². The first-order chi connectivity index (χ1) is 10.3. The lowest BCUT2D eigenvalue weighted by Gasteiger charge is -2.12. The van der Waals surface area contributed by atoms with Crippen molar-refractivity contribution in [1.29, 1.82) is 0 Å². The second-order valence-corrected chi connectivity index (χ2v) is 4.95. The molecule has 0 aliphatic rings. The molecule has 0 aliphatic heterocycles. The topological polar surface area (TPSA) is 47.3 Å². The summed E-state index contributed by atoms with van der Waals surface area (Å²) in [5, 5.41) is 4.49. The molecule has 0 radical (unpaired) electrons. The highest BCUT2D eigenvalue weighted by molar-refractivity contribution is 5.84. The van der Waals surface area contributed by atoms with E-state index in [9.17, 15) is 0 Å². The second-order valence-electron chi connectivity index (χ2n) is 4.95. The SMILES string of the molecule is COc1cccc2ccc(CN[C@H](C)c3ccco3)nc12. The van der Waals surface area contributed by atoms with E-state index >= 15 is 0 Å². The number of methoxy groups -OCH3 is 1. The van der Waals surface area contributed by atoms with E-state index in [2.05, 4.69) is 23.3 Å². The third kappa shape index (κ3) is 2.90. The molecule has 3 rings (SSSR count). The Labute approximate surface area is 123 Å². The first-order valence-electron chi connectivity index (χ1n) is 6.97. The van der Waals surface area contributed by atoms with Gasteiger partial charge >= 0.3 is 0 Å². The first-order valence-corrected chi connectivity index (χ1v) is 6.97. The Bertz CT molecular complexity index is 723. The lowest BCUT2D eigenvalue weighted by Crippen LogP contribution is -2.18. The molecule has 0 amide bonds. The van der Waals surface area contributed by atoms with Crippen LogP contribution in [-0.4, -0.2) is 12.1 Å². The quantitative estimate of drug-likeness (QED) is 0.775. The predicted octanol–water partition coefficient (Wildman–Crippen LogP) is 3.69. The van der Waals surface area contributed by atoms with Gasteiger partial charge in [-0.25, -0.2) is 4.98 Å². The molecule has 4 nitrogen and oxygen atoms in total. The first kappa shape index (κ1) is 13.6. The number of rotatable bonds is 5. The zero-order valence-corrected chi connectivity index (χ0v) is 12.2. The van der Waals surface area contributed by atoms with Gasteiger partial charge < -0.3 is 14.5 Å². The average molecular weight is 282 g/mol. The molecule has 0 unspecified atom stereocenters. The molecule has 1 N–H and O–H groups in total. The summed E-state index contributed by atoms with van der Waals surface area (Å²) in [5.74, 6) is 1.72. The molecule has 0 saturated carbocycles. The minimum atomic E-state index is 0.148. The van der Waals surface area contributed by atoms with Crippen LogP contribution in [0.1, 0.15) is 24.4 Å². The Morgan fingerprint density at radius 2 is 2.10 bits per heavy atom. The zero-order chi connectivity index (χ0) is 14.7. The fraction of sp³-hybridized carbons (Fsp3) is 0.235. The van der Waals surface area contributed by atoms with E-state index in [0.29, 0.717) is 6.54 Å². The van der Waals surface area contributed by atoms with Crippen molar-refractivity contribution in [3.63, 3.8) is 0 Å². The maximum absolute atomic E-state index is 5.39. The molecule has 2 heterocycles. The predicted molar refractivity (Wildman–Crippen MR) is 82.3 cm³/mol. The van der Waals surface area contributed by atoms with Crippen molar-refractivity contribution in [2.24, 2.45) is 0 Å². The van der Waals surface area contributed by atoms with Gasteiger partial charge in [-0.05, 0) is 31.2 Å². The molecule has 108 valence electrons. The summed E-state index contributed by atoms with van der Waals surface area (Å²) in [6.07, 6.45) is 1.69. The number of furan rings is 1. The van der Waals surface area contributed by atoms with E-state index in [-0.39, 0.29) is 6.04 Å². The highest BCUT2D eigenvalue weighted by Gasteiger charge is 2.09. The molecule has 1 aromatic carbocycles. The van der Waals surface area contributed by atoms with Crippen molar-refractivity contribution in [3.8, 4) is 5.75 Å². The summed E-state index contributed by atoms with van der Waals surface area (Å²) in [6, 6.07) is 14.0. The summed E-state index contributed by atoms with van der Waals surface area (Å²) >= 11 is 0. The zero-order valence-electron chi connectivity index (χ0n) is 12.2. The van der Waals surface area contributed by atoms with E-state index in [4.69, 9.17) is 9.15 Å². The molecule has 2 aromatic heterocycles. The molecule has 0 bridgehead atoms. The van der Waals surface area contributed by atoms with Gasteiger partial charge in [0.1, 0.15) is 17.0 Å². The van der Waals surface area contributed by atoms with Gasteiger partial charge in [-0.1, -0.05) is 18.2 Å². The number of hydrogen-bond acceptors (Lipinski definition) is 4. The van der Waals surface area contributed by atoms with Crippen LogP contribution in [0.25, 0.3) is 10.9 Å². The van der Waals surface area contributed by atoms with Gasteiger partial charge in [-0.2, -0.15) is 0 Å². The largest absolute Gasteiger partial charge is 0.494 e.